The standard InChI is InChI=1S/C30H45NO5S/c1-9-12-22-17-21(13-14-23(22)36-19-29(8,35)28(5,6)7)18-30(10-2,11-3)25-16-15-24(37-25)26(32)31-20(4)27(33)34/h13-17,20,35H,9-12,18-19H2,1-8H3,(H,31,32)(H,33,34). The molecule has 0 fully saturated rings. The first-order valence-corrected chi connectivity index (χ1v) is 14.1. The van der Waals surface area contributed by atoms with Crippen molar-refractivity contribution in [1.29, 1.82) is 0 Å². The van der Waals surface area contributed by atoms with Gasteiger partial charge in [0.25, 0.3) is 5.91 Å². The summed E-state index contributed by atoms with van der Waals surface area (Å²) >= 11 is 1.44. The normalized spacial score (nSPS) is 14.6. The molecule has 0 bridgehead atoms. The van der Waals surface area contributed by atoms with E-state index in [0.717, 1.165) is 48.3 Å². The second-order valence-corrected chi connectivity index (χ2v) is 12.4. The number of carbonyl (C=O) groups excluding carboxylic acids is 1. The summed E-state index contributed by atoms with van der Waals surface area (Å²) in [6, 6.07) is 9.22. The van der Waals surface area contributed by atoms with Gasteiger partial charge in [0, 0.05) is 10.3 Å². The van der Waals surface area contributed by atoms with E-state index in [1.807, 2.05) is 39.8 Å². The second kappa shape index (κ2) is 12.4. The number of ether oxygens (including phenoxy) is 1. The molecular weight excluding hydrogens is 486 g/mol. The van der Waals surface area contributed by atoms with Crippen LogP contribution in [-0.4, -0.2) is 40.3 Å². The molecule has 0 aliphatic rings. The molecule has 3 N–H and O–H groups in total. The molecule has 1 aromatic heterocycles. The molecule has 0 spiro atoms. The molecule has 6 nitrogen and oxygen atoms in total. The van der Waals surface area contributed by atoms with E-state index in [1.54, 1.807) is 6.07 Å². The number of carbonyl (C=O) groups is 2. The van der Waals surface area contributed by atoms with Crippen LogP contribution < -0.4 is 10.1 Å². The molecule has 37 heavy (non-hydrogen) atoms. The van der Waals surface area contributed by atoms with Gasteiger partial charge in [-0.1, -0.05) is 60.1 Å². The first-order chi connectivity index (χ1) is 17.2. The minimum Gasteiger partial charge on any atom is -0.490 e. The van der Waals surface area contributed by atoms with E-state index in [9.17, 15) is 14.7 Å². The van der Waals surface area contributed by atoms with Crippen LogP contribution in [0.4, 0.5) is 0 Å². The number of nitrogens with one attached hydrogen (secondary N) is 1. The molecule has 0 aliphatic heterocycles. The third-order valence-electron chi connectivity index (χ3n) is 7.74. The molecule has 0 saturated carbocycles. The maximum Gasteiger partial charge on any atom is 0.325 e. The van der Waals surface area contributed by atoms with Gasteiger partial charge < -0.3 is 20.3 Å². The predicted molar refractivity (Wildman–Crippen MR) is 151 cm³/mol. The third kappa shape index (κ3) is 7.57. The monoisotopic (exact) mass is 531 g/mol. The van der Waals surface area contributed by atoms with Crippen molar-refractivity contribution in [2.24, 2.45) is 5.41 Å². The van der Waals surface area contributed by atoms with Gasteiger partial charge in [-0.25, -0.2) is 0 Å². The van der Waals surface area contributed by atoms with Crippen molar-refractivity contribution in [3.63, 3.8) is 0 Å². The number of hydrogen-bond acceptors (Lipinski definition) is 5. The van der Waals surface area contributed by atoms with E-state index in [1.165, 1.54) is 23.8 Å². The highest BCUT2D eigenvalue weighted by atomic mass is 32.1. The molecule has 206 valence electrons. The average molecular weight is 532 g/mol. The molecule has 0 radical (unpaired) electrons. The fourth-order valence-corrected chi connectivity index (χ4v) is 5.42. The van der Waals surface area contributed by atoms with E-state index >= 15 is 0 Å². The summed E-state index contributed by atoms with van der Waals surface area (Å²) in [4.78, 5) is 25.4. The van der Waals surface area contributed by atoms with Crippen LogP contribution in [0, 0.1) is 5.41 Å². The summed E-state index contributed by atoms with van der Waals surface area (Å²) in [5.41, 5.74) is 0.950. The molecule has 0 saturated heterocycles. The van der Waals surface area contributed by atoms with E-state index in [0.29, 0.717) is 4.88 Å². The summed E-state index contributed by atoms with van der Waals surface area (Å²) in [6.45, 7) is 16.0. The Balaban J connectivity index is 2.30. The number of thiophene rings is 1. The van der Waals surface area contributed by atoms with Crippen LogP contribution in [0.5, 0.6) is 5.75 Å². The fourth-order valence-electron chi connectivity index (χ4n) is 4.18. The Kier molecular flexibility index (Phi) is 10.4. The molecular formula is C30H45NO5S. The summed E-state index contributed by atoms with van der Waals surface area (Å²) in [7, 11) is 0. The van der Waals surface area contributed by atoms with Gasteiger partial charge in [0.1, 0.15) is 24.0 Å². The van der Waals surface area contributed by atoms with Gasteiger partial charge in [-0.2, -0.15) is 0 Å². The lowest BCUT2D eigenvalue weighted by Gasteiger charge is -2.37. The van der Waals surface area contributed by atoms with E-state index < -0.39 is 17.6 Å². The molecule has 1 aromatic carbocycles. The zero-order valence-corrected chi connectivity index (χ0v) is 24.6. The van der Waals surface area contributed by atoms with Crippen LogP contribution in [0.2, 0.25) is 0 Å². The Hall–Kier alpha value is -2.38. The lowest BCUT2D eigenvalue weighted by Crippen LogP contribution is -2.45. The van der Waals surface area contributed by atoms with Crippen LogP contribution in [0.1, 0.15) is 100 Å². The van der Waals surface area contributed by atoms with Gasteiger partial charge in [-0.3, -0.25) is 9.59 Å². The molecule has 2 rings (SSSR count). The number of benzene rings is 1. The van der Waals surface area contributed by atoms with Gasteiger partial charge in [0.2, 0.25) is 0 Å². The van der Waals surface area contributed by atoms with Gasteiger partial charge in [-0.05, 0) is 74.3 Å². The number of aryl methyl sites for hydroxylation is 1. The Morgan fingerprint density at radius 2 is 1.70 bits per heavy atom. The summed E-state index contributed by atoms with van der Waals surface area (Å²) in [6.07, 6.45) is 4.51. The molecule has 2 aromatic rings. The first kappa shape index (κ1) is 30.8. The lowest BCUT2D eigenvalue weighted by molar-refractivity contribution is -0.138. The number of hydrogen-bond donors (Lipinski definition) is 3. The van der Waals surface area contributed by atoms with Crippen LogP contribution >= 0.6 is 11.3 Å². The predicted octanol–water partition coefficient (Wildman–Crippen LogP) is 6.38. The number of carboxylic acids is 1. The van der Waals surface area contributed by atoms with E-state index in [4.69, 9.17) is 9.84 Å². The average Bonchev–Trinajstić information content (AvgIpc) is 3.32. The van der Waals surface area contributed by atoms with E-state index in [2.05, 4.69) is 38.2 Å². The molecule has 2 atom stereocenters. The topological polar surface area (TPSA) is 95.9 Å². The smallest absolute Gasteiger partial charge is 0.325 e. The highest BCUT2D eigenvalue weighted by Crippen LogP contribution is 2.40. The zero-order chi connectivity index (χ0) is 28.0. The minimum atomic E-state index is -1.06. The highest BCUT2D eigenvalue weighted by Gasteiger charge is 2.36. The van der Waals surface area contributed by atoms with Crippen molar-refractivity contribution >= 4 is 23.2 Å². The SMILES string of the molecule is CCCc1cc(CC(CC)(CC)c2ccc(C(=O)NC(C)C(=O)O)s2)ccc1OCC(C)(O)C(C)(C)C. The van der Waals surface area contributed by atoms with Crippen molar-refractivity contribution in [3.8, 4) is 5.75 Å². The number of amides is 1. The first-order valence-electron chi connectivity index (χ1n) is 13.3. The molecule has 0 aliphatic carbocycles. The van der Waals surface area contributed by atoms with Gasteiger partial charge in [-0.15, -0.1) is 11.3 Å². The number of rotatable bonds is 13. The Bertz CT molecular complexity index is 1060. The molecule has 2 unspecified atom stereocenters. The van der Waals surface area contributed by atoms with Crippen LogP contribution in [-0.2, 0) is 23.1 Å². The number of aliphatic carboxylic acids is 1. The summed E-state index contributed by atoms with van der Waals surface area (Å²) in [5.74, 6) is -0.597. The molecule has 7 heteroatoms. The van der Waals surface area contributed by atoms with Crippen LogP contribution in [0.25, 0.3) is 0 Å². The van der Waals surface area contributed by atoms with Crippen molar-refractivity contribution in [3.05, 3.63) is 51.2 Å². The van der Waals surface area contributed by atoms with E-state index in [-0.39, 0.29) is 23.3 Å². The van der Waals surface area contributed by atoms with Crippen molar-refractivity contribution in [2.45, 2.75) is 105 Å². The van der Waals surface area contributed by atoms with Gasteiger partial charge in [0.05, 0.1) is 4.88 Å². The second-order valence-electron chi connectivity index (χ2n) is 11.4. The number of aliphatic hydroxyl groups is 1. The maximum absolute atomic E-state index is 12.6. The molecule has 1 heterocycles. The summed E-state index contributed by atoms with van der Waals surface area (Å²) < 4.78 is 6.15. The fraction of sp³-hybridized carbons (Fsp3) is 0.600. The maximum atomic E-state index is 12.6. The number of carboxylic acid groups (broad SMARTS) is 1. The van der Waals surface area contributed by atoms with Crippen LogP contribution in [0.15, 0.2) is 30.3 Å². The van der Waals surface area contributed by atoms with Gasteiger partial charge >= 0.3 is 5.97 Å². The Morgan fingerprint density at radius 3 is 2.24 bits per heavy atom. The Morgan fingerprint density at radius 1 is 1.05 bits per heavy atom. The quantitative estimate of drug-likeness (QED) is 0.279. The van der Waals surface area contributed by atoms with Gasteiger partial charge in [0.15, 0.2) is 0 Å². The largest absolute Gasteiger partial charge is 0.490 e. The van der Waals surface area contributed by atoms with Crippen molar-refractivity contribution < 1.29 is 24.5 Å². The third-order valence-corrected chi connectivity index (χ3v) is 9.07. The summed E-state index contributed by atoms with van der Waals surface area (Å²) in [5, 5.41) is 22.5. The van der Waals surface area contributed by atoms with Crippen molar-refractivity contribution in [1.82, 2.24) is 5.32 Å². The zero-order valence-electron chi connectivity index (χ0n) is 23.7. The Labute approximate surface area is 226 Å². The highest BCUT2D eigenvalue weighted by molar-refractivity contribution is 7.14. The lowest BCUT2D eigenvalue weighted by atomic mass is 9.75. The van der Waals surface area contributed by atoms with Crippen molar-refractivity contribution in [2.75, 3.05) is 6.61 Å². The minimum absolute atomic E-state index is 0.136. The van der Waals surface area contributed by atoms with Crippen LogP contribution in [0.3, 0.4) is 0 Å². The molecule has 1 amide bonds.